The minimum Gasteiger partial charge on any atom is -0.424 e. The largest absolute Gasteiger partial charge is 0.424 e. The van der Waals surface area contributed by atoms with Crippen molar-refractivity contribution in [3.8, 4) is 11.8 Å². The zero-order valence-electron chi connectivity index (χ0n) is 12.1. The number of ether oxygens (including phenoxy) is 1. The first-order chi connectivity index (χ1) is 9.25. The van der Waals surface area contributed by atoms with Crippen molar-refractivity contribution in [2.45, 2.75) is 33.1 Å². The minimum atomic E-state index is -0.0289. The topological polar surface area (TPSA) is 61.0 Å². The summed E-state index contributed by atoms with van der Waals surface area (Å²) in [5, 5.41) is 0. The Morgan fingerprint density at radius 2 is 1.85 bits per heavy atom. The maximum atomic E-state index is 5.82. The number of halogens is 1. The van der Waals surface area contributed by atoms with Gasteiger partial charge in [0.2, 0.25) is 0 Å². The highest BCUT2D eigenvalue weighted by atomic mass is 79.9. The summed E-state index contributed by atoms with van der Waals surface area (Å²) < 4.78 is 6.42. The van der Waals surface area contributed by atoms with Crippen LogP contribution in [0.3, 0.4) is 0 Å². The molecule has 2 rings (SSSR count). The number of aromatic nitrogens is 2. The summed E-state index contributed by atoms with van der Waals surface area (Å²) >= 11 is 3.28. The SMILES string of the molecule is Cc1ccc(Oc2nc(N)cc(Br)n2)c(C(C)(C)C)c1. The van der Waals surface area contributed by atoms with Gasteiger partial charge < -0.3 is 10.5 Å². The number of nitrogens with two attached hydrogens (primary N) is 1. The molecule has 0 unspecified atom stereocenters. The Kier molecular flexibility index (Phi) is 3.99. The van der Waals surface area contributed by atoms with E-state index in [1.165, 1.54) is 5.56 Å². The van der Waals surface area contributed by atoms with Crippen molar-refractivity contribution in [1.82, 2.24) is 9.97 Å². The molecule has 2 aromatic rings. The molecule has 0 fully saturated rings. The number of nitrogens with zero attached hydrogens (tertiary/aromatic N) is 2. The Hall–Kier alpha value is -1.62. The first-order valence-corrected chi connectivity index (χ1v) is 7.14. The van der Waals surface area contributed by atoms with E-state index in [2.05, 4.69) is 59.7 Å². The first-order valence-electron chi connectivity index (χ1n) is 6.35. The van der Waals surface area contributed by atoms with E-state index in [4.69, 9.17) is 10.5 Å². The van der Waals surface area contributed by atoms with E-state index in [-0.39, 0.29) is 11.4 Å². The molecule has 0 saturated heterocycles. The van der Waals surface area contributed by atoms with E-state index in [9.17, 15) is 0 Å². The molecular weight excluding hydrogens is 318 g/mol. The highest BCUT2D eigenvalue weighted by Crippen LogP contribution is 2.34. The highest BCUT2D eigenvalue weighted by molar-refractivity contribution is 9.10. The zero-order valence-corrected chi connectivity index (χ0v) is 13.7. The fraction of sp³-hybridized carbons (Fsp3) is 0.333. The monoisotopic (exact) mass is 335 g/mol. The average molecular weight is 336 g/mol. The summed E-state index contributed by atoms with van der Waals surface area (Å²) in [5.41, 5.74) is 7.97. The molecule has 1 aromatic carbocycles. The molecule has 0 amide bonds. The van der Waals surface area contributed by atoms with Gasteiger partial charge in [0.25, 0.3) is 0 Å². The van der Waals surface area contributed by atoms with Crippen LogP contribution >= 0.6 is 15.9 Å². The lowest BCUT2D eigenvalue weighted by molar-refractivity contribution is 0.422. The van der Waals surface area contributed by atoms with Gasteiger partial charge in [0.05, 0.1) is 0 Å². The normalized spacial score (nSPS) is 11.4. The predicted octanol–water partition coefficient (Wildman–Crippen LogP) is 4.22. The van der Waals surface area contributed by atoms with Crippen molar-refractivity contribution in [1.29, 1.82) is 0 Å². The van der Waals surface area contributed by atoms with Crippen LogP contribution in [0.5, 0.6) is 11.8 Å². The fourth-order valence-electron chi connectivity index (χ4n) is 1.88. The second kappa shape index (κ2) is 5.40. The van der Waals surface area contributed by atoms with Gasteiger partial charge in [-0.2, -0.15) is 9.97 Å². The first kappa shape index (κ1) is 14.8. The number of anilines is 1. The van der Waals surface area contributed by atoms with Crippen molar-refractivity contribution in [3.05, 3.63) is 40.0 Å². The van der Waals surface area contributed by atoms with Crippen LogP contribution < -0.4 is 10.5 Å². The van der Waals surface area contributed by atoms with E-state index in [1.807, 2.05) is 12.1 Å². The second-order valence-corrected chi connectivity index (χ2v) is 6.56. The third-order valence-electron chi connectivity index (χ3n) is 2.84. The molecular formula is C15H18BrN3O. The van der Waals surface area contributed by atoms with Gasteiger partial charge in [-0.3, -0.25) is 0 Å². The van der Waals surface area contributed by atoms with Crippen LogP contribution in [0.25, 0.3) is 0 Å². The van der Waals surface area contributed by atoms with Crippen molar-refractivity contribution in [3.63, 3.8) is 0 Å². The molecule has 20 heavy (non-hydrogen) atoms. The molecule has 0 aliphatic rings. The van der Waals surface area contributed by atoms with E-state index in [1.54, 1.807) is 6.07 Å². The second-order valence-electron chi connectivity index (χ2n) is 5.75. The third-order valence-corrected chi connectivity index (χ3v) is 3.24. The number of hydrogen-bond acceptors (Lipinski definition) is 4. The number of rotatable bonds is 2. The summed E-state index contributed by atoms with van der Waals surface area (Å²) in [6, 6.07) is 7.94. The summed E-state index contributed by atoms with van der Waals surface area (Å²) in [4.78, 5) is 8.27. The molecule has 0 bridgehead atoms. The standard InChI is InChI=1S/C15H18BrN3O/c1-9-5-6-11(10(7-9)15(2,3)4)20-14-18-12(16)8-13(17)19-14/h5-8H,1-4H3,(H2,17,18,19). The van der Waals surface area contributed by atoms with E-state index in [0.717, 1.165) is 11.3 Å². The van der Waals surface area contributed by atoms with Crippen molar-refractivity contribution in [2.24, 2.45) is 0 Å². The van der Waals surface area contributed by atoms with E-state index >= 15 is 0 Å². The Morgan fingerprint density at radius 1 is 1.15 bits per heavy atom. The summed E-state index contributed by atoms with van der Waals surface area (Å²) in [7, 11) is 0. The van der Waals surface area contributed by atoms with Gasteiger partial charge >= 0.3 is 6.01 Å². The van der Waals surface area contributed by atoms with Crippen LogP contribution in [0.2, 0.25) is 0 Å². The molecule has 1 aromatic heterocycles. The van der Waals surface area contributed by atoms with Crippen LogP contribution in [-0.2, 0) is 5.41 Å². The highest BCUT2D eigenvalue weighted by Gasteiger charge is 2.20. The van der Waals surface area contributed by atoms with Gasteiger partial charge in [-0.15, -0.1) is 0 Å². The molecule has 106 valence electrons. The van der Waals surface area contributed by atoms with Crippen LogP contribution in [-0.4, -0.2) is 9.97 Å². The minimum absolute atomic E-state index is 0.0289. The van der Waals surface area contributed by atoms with Crippen LogP contribution in [0, 0.1) is 6.92 Å². The Bertz CT molecular complexity index is 615. The fourth-order valence-corrected chi connectivity index (χ4v) is 2.26. The molecule has 0 saturated carbocycles. The smallest absolute Gasteiger partial charge is 0.325 e. The van der Waals surface area contributed by atoms with E-state index < -0.39 is 0 Å². The molecule has 5 heteroatoms. The molecule has 2 N–H and O–H groups in total. The van der Waals surface area contributed by atoms with Crippen molar-refractivity contribution in [2.75, 3.05) is 5.73 Å². The van der Waals surface area contributed by atoms with Gasteiger partial charge in [-0.25, -0.2) is 0 Å². The summed E-state index contributed by atoms with van der Waals surface area (Å²) in [5.74, 6) is 1.12. The average Bonchev–Trinajstić information content (AvgIpc) is 2.28. The lowest BCUT2D eigenvalue weighted by atomic mass is 9.85. The van der Waals surface area contributed by atoms with Crippen LogP contribution in [0.4, 0.5) is 5.82 Å². The predicted molar refractivity (Wildman–Crippen MR) is 84.1 cm³/mol. The van der Waals surface area contributed by atoms with Crippen molar-refractivity contribution >= 4 is 21.7 Å². The molecule has 0 spiro atoms. The number of nitrogen functional groups attached to an aromatic ring is 1. The van der Waals surface area contributed by atoms with E-state index in [0.29, 0.717) is 10.4 Å². The van der Waals surface area contributed by atoms with Gasteiger partial charge in [0.1, 0.15) is 16.2 Å². The maximum absolute atomic E-state index is 5.82. The maximum Gasteiger partial charge on any atom is 0.325 e. The molecule has 0 aliphatic carbocycles. The van der Waals surface area contributed by atoms with Gasteiger partial charge in [-0.05, 0) is 34.3 Å². The molecule has 0 radical (unpaired) electrons. The quantitative estimate of drug-likeness (QED) is 0.834. The van der Waals surface area contributed by atoms with Crippen LogP contribution in [0.15, 0.2) is 28.9 Å². The Morgan fingerprint density at radius 3 is 2.45 bits per heavy atom. The summed E-state index contributed by atoms with van der Waals surface area (Å²) in [6.07, 6.45) is 0. The molecule has 1 heterocycles. The Balaban J connectivity index is 2.43. The number of hydrogen-bond donors (Lipinski definition) is 1. The van der Waals surface area contributed by atoms with Crippen molar-refractivity contribution < 1.29 is 4.74 Å². The Labute approximate surface area is 127 Å². The molecule has 0 atom stereocenters. The molecule has 4 nitrogen and oxygen atoms in total. The summed E-state index contributed by atoms with van der Waals surface area (Å²) in [6.45, 7) is 8.49. The molecule has 0 aliphatic heterocycles. The lowest BCUT2D eigenvalue weighted by Gasteiger charge is -2.22. The third kappa shape index (κ3) is 3.48. The zero-order chi connectivity index (χ0) is 14.9. The van der Waals surface area contributed by atoms with Gasteiger partial charge in [0, 0.05) is 11.6 Å². The lowest BCUT2D eigenvalue weighted by Crippen LogP contribution is -2.13. The van der Waals surface area contributed by atoms with Gasteiger partial charge in [-0.1, -0.05) is 38.5 Å². The van der Waals surface area contributed by atoms with Crippen LogP contribution in [0.1, 0.15) is 31.9 Å². The van der Waals surface area contributed by atoms with Gasteiger partial charge in [0.15, 0.2) is 0 Å². The number of aryl methyl sites for hydroxylation is 1. The number of benzene rings is 1.